The number of rotatable bonds is 8. The average Bonchev–Trinajstić information content (AvgIpc) is 3.19. The maximum Gasteiger partial charge on any atom is 0.338 e. The van der Waals surface area contributed by atoms with Crippen LogP contribution < -0.4 is 5.32 Å². The van der Waals surface area contributed by atoms with Crippen molar-refractivity contribution in [1.82, 2.24) is 9.62 Å². The number of sulfonamides is 1. The lowest BCUT2D eigenvalue weighted by Crippen LogP contribution is -2.36. The third-order valence-electron chi connectivity index (χ3n) is 7.51. The zero-order chi connectivity index (χ0) is 30.9. The van der Waals surface area contributed by atoms with Gasteiger partial charge in [0, 0.05) is 30.1 Å². The van der Waals surface area contributed by atoms with Crippen LogP contribution in [0.4, 0.5) is 5.69 Å². The van der Waals surface area contributed by atoms with Crippen LogP contribution in [0, 0.1) is 10.1 Å². The molecule has 2 aromatic carbocycles. The summed E-state index contributed by atoms with van der Waals surface area (Å²) in [7, 11) is -4.26. The maximum atomic E-state index is 13.7. The molecule has 1 N–H and O–H groups in total. The van der Waals surface area contributed by atoms with E-state index in [1.54, 1.807) is 13.8 Å². The standard InChI is InChI=1S/C29H29N3O10S/c1-17-24(28(34)41-15-21-10-5-6-13-40-21)26(19-8-7-9-20(14-19)32(36)37)25(18(2)30-17)29(35)42-16-31-27(33)22-11-3-4-12-23(22)43(31,38)39/h3-4,7-9,11-12,14,21,26,30H,5-6,10,13,15-16H2,1-2H3. The first-order valence-corrected chi connectivity index (χ1v) is 15.0. The van der Waals surface area contributed by atoms with E-state index in [1.807, 2.05) is 0 Å². The van der Waals surface area contributed by atoms with Gasteiger partial charge in [-0.25, -0.2) is 18.0 Å². The van der Waals surface area contributed by atoms with Crippen molar-refractivity contribution < 1.29 is 41.9 Å². The number of nitrogens with one attached hydrogen (secondary N) is 1. The summed E-state index contributed by atoms with van der Waals surface area (Å²) >= 11 is 0. The number of nitrogens with zero attached hydrogens (tertiary/aromatic N) is 2. The van der Waals surface area contributed by atoms with Crippen LogP contribution in [-0.4, -0.2) is 61.5 Å². The van der Waals surface area contributed by atoms with Gasteiger partial charge in [0.2, 0.25) is 0 Å². The van der Waals surface area contributed by atoms with E-state index in [0.717, 1.165) is 19.3 Å². The van der Waals surface area contributed by atoms with Crippen molar-refractivity contribution in [3.63, 3.8) is 0 Å². The number of carbonyl (C=O) groups excluding carboxylic acids is 3. The van der Waals surface area contributed by atoms with Gasteiger partial charge in [0.05, 0.1) is 33.7 Å². The van der Waals surface area contributed by atoms with Crippen molar-refractivity contribution in [2.75, 3.05) is 19.9 Å². The molecule has 3 aliphatic heterocycles. The van der Waals surface area contributed by atoms with Gasteiger partial charge in [0.1, 0.15) is 11.5 Å². The van der Waals surface area contributed by atoms with Gasteiger partial charge in [-0.15, -0.1) is 0 Å². The molecule has 3 aliphatic rings. The van der Waals surface area contributed by atoms with Crippen molar-refractivity contribution >= 4 is 33.6 Å². The molecule has 2 unspecified atom stereocenters. The molecule has 0 spiro atoms. The highest BCUT2D eigenvalue weighted by Crippen LogP contribution is 2.40. The SMILES string of the molecule is CC1=C(C(=O)OCC2CCCCO2)C(c2cccc([N+](=O)[O-])c2)C(C(=O)OCN2C(=O)c3ccccc3S2(=O)=O)=C(C)N1. The van der Waals surface area contributed by atoms with E-state index < -0.39 is 45.4 Å². The molecular weight excluding hydrogens is 582 g/mol. The minimum absolute atomic E-state index is 0.0186. The fourth-order valence-corrected chi connectivity index (χ4v) is 6.85. The molecule has 3 heterocycles. The van der Waals surface area contributed by atoms with Crippen molar-refractivity contribution in [3.8, 4) is 0 Å². The van der Waals surface area contributed by atoms with Crippen LogP contribution >= 0.6 is 0 Å². The summed E-state index contributed by atoms with van der Waals surface area (Å²) in [4.78, 5) is 50.8. The maximum absolute atomic E-state index is 13.7. The Labute approximate surface area is 247 Å². The van der Waals surface area contributed by atoms with Crippen LogP contribution in [0.15, 0.2) is 76.0 Å². The zero-order valence-electron chi connectivity index (χ0n) is 23.4. The van der Waals surface area contributed by atoms with Crippen LogP contribution in [0.5, 0.6) is 0 Å². The lowest BCUT2D eigenvalue weighted by molar-refractivity contribution is -0.384. The van der Waals surface area contributed by atoms with Crippen LogP contribution in [0.2, 0.25) is 0 Å². The molecule has 0 radical (unpaired) electrons. The molecular formula is C29H29N3O10S. The summed E-state index contributed by atoms with van der Waals surface area (Å²) in [6.07, 6.45) is 2.29. The van der Waals surface area contributed by atoms with E-state index in [0.29, 0.717) is 16.6 Å². The molecule has 0 aromatic heterocycles. The van der Waals surface area contributed by atoms with E-state index >= 15 is 0 Å². The lowest BCUT2D eigenvalue weighted by Gasteiger charge is -2.31. The minimum Gasteiger partial charge on any atom is -0.459 e. The highest BCUT2D eigenvalue weighted by molar-refractivity contribution is 7.90. The number of amides is 1. The summed E-state index contributed by atoms with van der Waals surface area (Å²) in [5.74, 6) is -3.82. The van der Waals surface area contributed by atoms with Crippen molar-refractivity contribution in [3.05, 3.63) is 92.3 Å². The van der Waals surface area contributed by atoms with Gasteiger partial charge in [-0.1, -0.05) is 24.3 Å². The van der Waals surface area contributed by atoms with E-state index in [4.69, 9.17) is 14.2 Å². The van der Waals surface area contributed by atoms with Gasteiger partial charge < -0.3 is 19.5 Å². The molecule has 226 valence electrons. The van der Waals surface area contributed by atoms with E-state index in [9.17, 15) is 32.9 Å². The normalized spacial score (nSPS) is 21.3. The third kappa shape index (κ3) is 5.75. The number of dihydropyridines is 1. The molecule has 5 rings (SSSR count). The van der Waals surface area contributed by atoms with Gasteiger partial charge in [0.25, 0.3) is 21.6 Å². The second kappa shape index (κ2) is 12.0. The molecule has 0 aliphatic carbocycles. The Hall–Kier alpha value is -4.56. The molecule has 0 bridgehead atoms. The Morgan fingerprint density at radius 2 is 1.74 bits per heavy atom. The Bertz CT molecular complexity index is 1670. The molecule has 0 saturated carbocycles. The molecule has 13 nitrogen and oxygen atoms in total. The number of esters is 2. The number of carbonyl (C=O) groups is 3. The summed E-state index contributed by atoms with van der Waals surface area (Å²) in [6.45, 7) is 2.77. The monoisotopic (exact) mass is 611 g/mol. The summed E-state index contributed by atoms with van der Waals surface area (Å²) in [6, 6.07) is 11.1. The van der Waals surface area contributed by atoms with Gasteiger partial charge in [0.15, 0.2) is 6.73 Å². The summed E-state index contributed by atoms with van der Waals surface area (Å²) in [5, 5.41) is 14.6. The van der Waals surface area contributed by atoms with E-state index in [1.165, 1.54) is 48.5 Å². The molecule has 1 saturated heterocycles. The quantitative estimate of drug-likeness (QED) is 0.264. The fraction of sp³-hybridized carbons (Fsp3) is 0.345. The number of benzene rings is 2. The zero-order valence-corrected chi connectivity index (χ0v) is 24.2. The highest BCUT2D eigenvalue weighted by Gasteiger charge is 2.43. The minimum atomic E-state index is -4.26. The first-order chi connectivity index (χ1) is 20.5. The Balaban J connectivity index is 1.45. The fourth-order valence-electron chi connectivity index (χ4n) is 5.43. The summed E-state index contributed by atoms with van der Waals surface area (Å²) in [5.41, 5.74) is 0.458. The summed E-state index contributed by atoms with van der Waals surface area (Å²) < 4.78 is 43.0. The number of non-ortho nitro benzene ring substituents is 1. The van der Waals surface area contributed by atoms with Crippen LogP contribution in [-0.2, 0) is 33.8 Å². The Morgan fingerprint density at radius 3 is 2.40 bits per heavy atom. The largest absolute Gasteiger partial charge is 0.459 e. The lowest BCUT2D eigenvalue weighted by atomic mass is 9.80. The number of allylic oxidation sites excluding steroid dienone is 2. The predicted molar refractivity (Wildman–Crippen MR) is 150 cm³/mol. The second-order valence-corrected chi connectivity index (χ2v) is 12.1. The number of hydrogen-bond donors (Lipinski definition) is 1. The van der Waals surface area contributed by atoms with E-state index in [-0.39, 0.29) is 51.3 Å². The molecule has 2 aromatic rings. The first-order valence-electron chi connectivity index (χ1n) is 13.6. The first kappa shape index (κ1) is 29.9. The number of nitro groups is 1. The van der Waals surface area contributed by atoms with Crippen LogP contribution in [0.3, 0.4) is 0 Å². The number of hydrogen-bond acceptors (Lipinski definition) is 11. The highest BCUT2D eigenvalue weighted by atomic mass is 32.2. The molecule has 14 heteroatoms. The molecule has 1 amide bonds. The van der Waals surface area contributed by atoms with Gasteiger partial charge in [-0.3, -0.25) is 14.9 Å². The van der Waals surface area contributed by atoms with Gasteiger partial charge >= 0.3 is 11.9 Å². The van der Waals surface area contributed by atoms with Crippen molar-refractivity contribution in [2.45, 2.75) is 50.0 Å². The van der Waals surface area contributed by atoms with Crippen LogP contribution in [0.25, 0.3) is 0 Å². The molecule has 43 heavy (non-hydrogen) atoms. The Morgan fingerprint density at radius 1 is 1.05 bits per heavy atom. The number of fused-ring (bicyclic) bond motifs is 1. The second-order valence-electron chi connectivity index (χ2n) is 10.3. The van der Waals surface area contributed by atoms with Crippen molar-refractivity contribution in [1.29, 1.82) is 0 Å². The number of nitro benzene ring substituents is 1. The molecule has 1 fully saturated rings. The average molecular weight is 612 g/mol. The van der Waals surface area contributed by atoms with Gasteiger partial charge in [-0.05, 0) is 50.8 Å². The Kier molecular flexibility index (Phi) is 8.33. The van der Waals surface area contributed by atoms with Gasteiger partial charge in [-0.2, -0.15) is 4.31 Å². The van der Waals surface area contributed by atoms with Crippen LogP contribution in [0.1, 0.15) is 54.9 Å². The smallest absolute Gasteiger partial charge is 0.338 e. The molecule has 2 atom stereocenters. The topological polar surface area (TPSA) is 171 Å². The van der Waals surface area contributed by atoms with E-state index in [2.05, 4.69) is 5.32 Å². The number of ether oxygens (including phenoxy) is 3. The predicted octanol–water partition coefficient (Wildman–Crippen LogP) is 3.29. The third-order valence-corrected chi connectivity index (χ3v) is 9.28. The van der Waals surface area contributed by atoms with Crippen molar-refractivity contribution in [2.24, 2.45) is 0 Å².